The van der Waals surface area contributed by atoms with Gasteiger partial charge in [-0.3, -0.25) is 4.79 Å². The zero-order valence-corrected chi connectivity index (χ0v) is 7.88. The van der Waals surface area contributed by atoms with Crippen molar-refractivity contribution in [1.82, 2.24) is 4.90 Å². The molecule has 3 nitrogen and oxygen atoms in total. The molecule has 1 rings (SSSR count). The van der Waals surface area contributed by atoms with Crippen LogP contribution in [0, 0.1) is 0 Å². The van der Waals surface area contributed by atoms with E-state index in [4.69, 9.17) is 4.74 Å². The fourth-order valence-electron chi connectivity index (χ4n) is 0.910. The molecule has 1 aliphatic rings. The molecule has 1 heterocycles. The number of hydrogen-bond donors (Lipinski definition) is 0. The molecule has 0 aliphatic carbocycles. The van der Waals surface area contributed by atoms with Crippen LogP contribution in [0.15, 0.2) is 0 Å². The first-order chi connectivity index (χ1) is 5.72. The lowest BCUT2D eigenvalue weighted by molar-refractivity contribution is -0.148. The van der Waals surface area contributed by atoms with Crippen LogP contribution in [-0.4, -0.2) is 36.6 Å². The van der Waals surface area contributed by atoms with Crippen LogP contribution in [0.25, 0.3) is 0 Å². The Bertz CT molecular complexity index is 155. The molecule has 0 aromatic carbocycles. The zero-order valence-electron chi connectivity index (χ0n) is 7.88. The molecule has 0 radical (unpaired) electrons. The lowest BCUT2D eigenvalue weighted by Crippen LogP contribution is -2.16. The molecule has 0 N–H and O–H groups in total. The Balaban J connectivity index is 2.01. The molecule has 1 atom stereocenters. The molecule has 0 aromatic heterocycles. The van der Waals surface area contributed by atoms with Gasteiger partial charge < -0.3 is 9.64 Å². The van der Waals surface area contributed by atoms with Crippen LogP contribution in [0.4, 0.5) is 0 Å². The maximum atomic E-state index is 11.1. The van der Waals surface area contributed by atoms with Crippen molar-refractivity contribution in [1.29, 1.82) is 0 Å². The molecular weight excluding hydrogens is 154 g/mol. The van der Waals surface area contributed by atoms with Gasteiger partial charge in [0.05, 0.1) is 12.5 Å². The Kier molecular flexibility index (Phi) is 3.53. The van der Waals surface area contributed by atoms with Gasteiger partial charge >= 0.3 is 5.97 Å². The normalized spacial score (nSPS) is 18.8. The highest BCUT2D eigenvalue weighted by molar-refractivity contribution is 5.69. The smallest absolute Gasteiger partial charge is 0.307 e. The predicted molar refractivity (Wildman–Crippen MR) is 46.9 cm³/mol. The number of hydrogen-bond acceptors (Lipinski definition) is 3. The van der Waals surface area contributed by atoms with Crippen LogP contribution in [0.1, 0.15) is 26.7 Å². The largest absolute Gasteiger partial charge is 0.463 e. The van der Waals surface area contributed by atoms with E-state index in [0.29, 0.717) is 6.42 Å². The molecular formula is C9H17NO2. The van der Waals surface area contributed by atoms with Gasteiger partial charge in [-0.15, -0.1) is 0 Å². The van der Waals surface area contributed by atoms with E-state index in [1.807, 2.05) is 13.8 Å². The van der Waals surface area contributed by atoms with Crippen LogP contribution < -0.4 is 0 Å². The maximum Gasteiger partial charge on any atom is 0.307 e. The average Bonchev–Trinajstić information content (AvgIpc) is 2.83. The third-order valence-corrected chi connectivity index (χ3v) is 2.08. The summed E-state index contributed by atoms with van der Waals surface area (Å²) in [6.45, 7) is 7.11. The maximum absolute atomic E-state index is 11.1. The van der Waals surface area contributed by atoms with Crippen molar-refractivity contribution >= 4 is 5.97 Å². The van der Waals surface area contributed by atoms with Gasteiger partial charge in [0.15, 0.2) is 0 Å². The quantitative estimate of drug-likeness (QED) is 0.457. The Morgan fingerprint density at radius 2 is 2.25 bits per heavy atom. The van der Waals surface area contributed by atoms with E-state index in [-0.39, 0.29) is 12.1 Å². The molecule has 1 saturated heterocycles. The van der Waals surface area contributed by atoms with Crippen LogP contribution in [0.2, 0.25) is 0 Å². The molecule has 12 heavy (non-hydrogen) atoms. The minimum absolute atomic E-state index is 0.0590. The number of carbonyl (C=O) groups excluding carboxylic acids is 1. The third-order valence-electron chi connectivity index (χ3n) is 2.08. The highest BCUT2D eigenvalue weighted by atomic mass is 16.5. The van der Waals surface area contributed by atoms with Gasteiger partial charge in [0.2, 0.25) is 0 Å². The first kappa shape index (κ1) is 9.52. The second-order valence-electron chi connectivity index (χ2n) is 3.30. The van der Waals surface area contributed by atoms with Crippen molar-refractivity contribution < 1.29 is 9.53 Å². The van der Waals surface area contributed by atoms with Crippen molar-refractivity contribution in [2.75, 3.05) is 19.6 Å². The summed E-state index contributed by atoms with van der Waals surface area (Å²) in [5.74, 6) is -0.0590. The Morgan fingerprint density at radius 1 is 1.58 bits per heavy atom. The van der Waals surface area contributed by atoms with Crippen molar-refractivity contribution in [3.8, 4) is 0 Å². The van der Waals surface area contributed by atoms with Gasteiger partial charge in [0.25, 0.3) is 0 Å². The molecule has 1 unspecified atom stereocenters. The van der Waals surface area contributed by atoms with E-state index in [0.717, 1.165) is 26.1 Å². The van der Waals surface area contributed by atoms with E-state index in [1.165, 1.54) is 0 Å². The fraction of sp³-hybridized carbons (Fsp3) is 0.889. The van der Waals surface area contributed by atoms with Crippen LogP contribution in [-0.2, 0) is 9.53 Å². The lowest BCUT2D eigenvalue weighted by atomic mass is 10.3. The lowest BCUT2D eigenvalue weighted by Gasteiger charge is -2.10. The fourth-order valence-corrected chi connectivity index (χ4v) is 0.910. The van der Waals surface area contributed by atoms with E-state index in [2.05, 4.69) is 4.90 Å². The Morgan fingerprint density at radius 3 is 2.75 bits per heavy atom. The zero-order chi connectivity index (χ0) is 8.97. The summed E-state index contributed by atoms with van der Waals surface area (Å²) < 4.78 is 5.11. The van der Waals surface area contributed by atoms with Gasteiger partial charge in [-0.2, -0.15) is 0 Å². The van der Waals surface area contributed by atoms with Gasteiger partial charge in [-0.05, 0) is 13.3 Å². The number of nitrogens with zero attached hydrogens (tertiary/aromatic N) is 1. The molecule has 0 bridgehead atoms. The first-order valence-corrected chi connectivity index (χ1v) is 4.64. The highest BCUT2D eigenvalue weighted by Crippen LogP contribution is 2.05. The van der Waals surface area contributed by atoms with Gasteiger partial charge in [-0.25, -0.2) is 0 Å². The number of carbonyl (C=O) groups is 1. The molecule has 3 heteroatoms. The molecule has 0 amide bonds. The Hall–Kier alpha value is -0.570. The summed E-state index contributed by atoms with van der Waals surface area (Å²) in [6.07, 6.45) is 1.52. The van der Waals surface area contributed by atoms with Gasteiger partial charge in [0, 0.05) is 19.6 Å². The molecule has 0 aromatic rings. The van der Waals surface area contributed by atoms with Gasteiger partial charge in [-0.1, -0.05) is 6.92 Å². The van der Waals surface area contributed by atoms with Gasteiger partial charge in [0.1, 0.15) is 0 Å². The second kappa shape index (κ2) is 4.45. The van der Waals surface area contributed by atoms with Crippen LogP contribution >= 0.6 is 0 Å². The van der Waals surface area contributed by atoms with Crippen LogP contribution in [0.3, 0.4) is 0 Å². The number of esters is 1. The average molecular weight is 171 g/mol. The number of rotatable bonds is 5. The van der Waals surface area contributed by atoms with E-state index in [9.17, 15) is 4.79 Å². The van der Waals surface area contributed by atoms with Crippen molar-refractivity contribution in [3.05, 3.63) is 0 Å². The number of ether oxygens (including phenoxy) is 1. The second-order valence-corrected chi connectivity index (χ2v) is 3.30. The molecule has 1 aliphatic heterocycles. The molecule has 1 fully saturated rings. The summed E-state index contributed by atoms with van der Waals surface area (Å²) in [5, 5.41) is 0. The SMILES string of the molecule is CCC(C)OC(=O)CCN1CC1. The minimum Gasteiger partial charge on any atom is -0.463 e. The van der Waals surface area contributed by atoms with Crippen molar-refractivity contribution in [2.24, 2.45) is 0 Å². The molecule has 70 valence electrons. The summed E-state index contributed by atoms with van der Waals surface area (Å²) in [5.41, 5.74) is 0. The molecule has 0 spiro atoms. The van der Waals surface area contributed by atoms with Crippen LogP contribution in [0.5, 0.6) is 0 Å². The van der Waals surface area contributed by atoms with Crippen molar-refractivity contribution in [2.45, 2.75) is 32.8 Å². The monoisotopic (exact) mass is 171 g/mol. The summed E-state index contributed by atoms with van der Waals surface area (Å²) >= 11 is 0. The topological polar surface area (TPSA) is 29.3 Å². The minimum atomic E-state index is -0.0590. The Labute approximate surface area is 73.7 Å². The summed E-state index contributed by atoms with van der Waals surface area (Å²) in [4.78, 5) is 13.3. The summed E-state index contributed by atoms with van der Waals surface area (Å²) in [7, 11) is 0. The van der Waals surface area contributed by atoms with E-state index < -0.39 is 0 Å². The third kappa shape index (κ3) is 3.72. The van der Waals surface area contributed by atoms with E-state index in [1.54, 1.807) is 0 Å². The first-order valence-electron chi connectivity index (χ1n) is 4.64. The van der Waals surface area contributed by atoms with E-state index >= 15 is 0 Å². The summed E-state index contributed by atoms with van der Waals surface area (Å²) in [6, 6.07) is 0. The highest BCUT2D eigenvalue weighted by Gasteiger charge is 2.18. The van der Waals surface area contributed by atoms with Crippen molar-refractivity contribution in [3.63, 3.8) is 0 Å². The standard InChI is InChI=1S/C9H17NO2/c1-3-8(2)12-9(11)4-5-10-6-7-10/h8H,3-7H2,1-2H3. The predicted octanol–water partition coefficient (Wildman–Crippen LogP) is 1.03. The molecule has 0 saturated carbocycles.